The molecule has 5 nitrogen and oxygen atoms in total. The Bertz CT molecular complexity index is 246. The Morgan fingerprint density at radius 3 is 1.81 bits per heavy atom. The smallest absolute Gasteiger partial charge is 0.341 e. The molecule has 1 rings (SSSR count). The monoisotopic (exact) mass is 310 g/mol. The van der Waals surface area contributed by atoms with E-state index in [1.165, 1.54) is 6.92 Å². The quantitative estimate of drug-likeness (QED) is 0.732. The van der Waals surface area contributed by atoms with Crippen LogP contribution in [-0.2, 0) is 23.9 Å². The van der Waals surface area contributed by atoms with E-state index < -0.39 is 30.1 Å². The van der Waals surface area contributed by atoms with Crippen molar-refractivity contribution in [1.29, 1.82) is 0 Å². The molecule has 0 aliphatic carbocycles. The minimum atomic E-state index is -1.60. The predicted octanol–water partition coefficient (Wildman–Crippen LogP) is 3.34. The lowest BCUT2D eigenvalue weighted by Gasteiger charge is -2.12. The van der Waals surface area contributed by atoms with Gasteiger partial charge >= 0.3 is 11.9 Å². The SMILES string of the molecule is C=O.CC.CC.CC.CC(=O)OCC1OC(=O)C(F)C1C. The molecule has 0 amide bonds. The topological polar surface area (TPSA) is 69.7 Å². The molecule has 0 N–H and O–H groups in total. The first-order valence-electron chi connectivity index (χ1n) is 7.29. The van der Waals surface area contributed by atoms with Crippen molar-refractivity contribution in [2.45, 2.75) is 67.7 Å². The van der Waals surface area contributed by atoms with Crippen molar-refractivity contribution in [2.24, 2.45) is 5.92 Å². The van der Waals surface area contributed by atoms with Gasteiger partial charge in [-0.25, -0.2) is 9.18 Å². The van der Waals surface area contributed by atoms with E-state index in [-0.39, 0.29) is 6.61 Å². The third-order valence-electron chi connectivity index (χ3n) is 1.99. The standard InChI is InChI=1S/C8H11FO4.3C2H6.CH2O/c1-4-6(3-12-5(2)10)13-8(11)7(4)9;4*1-2/h4,6-7H,3H2,1-2H3;3*1-2H3;1H2. The van der Waals surface area contributed by atoms with Gasteiger partial charge in [0.05, 0.1) is 0 Å². The van der Waals surface area contributed by atoms with Crippen molar-refractivity contribution in [3.63, 3.8) is 0 Å². The average Bonchev–Trinajstić information content (AvgIpc) is 2.80. The molecule has 0 aromatic rings. The van der Waals surface area contributed by atoms with Gasteiger partial charge in [0.1, 0.15) is 19.5 Å². The molecule has 128 valence electrons. The van der Waals surface area contributed by atoms with Gasteiger partial charge in [0.2, 0.25) is 6.17 Å². The van der Waals surface area contributed by atoms with Crippen molar-refractivity contribution >= 4 is 18.7 Å². The lowest BCUT2D eigenvalue weighted by Crippen LogP contribution is -2.24. The minimum absolute atomic E-state index is 0.0668. The average molecular weight is 310 g/mol. The molecule has 21 heavy (non-hydrogen) atoms. The van der Waals surface area contributed by atoms with Crippen molar-refractivity contribution in [3.05, 3.63) is 0 Å². The minimum Gasteiger partial charge on any atom is -0.462 e. The Labute approximate surface area is 128 Å². The van der Waals surface area contributed by atoms with Crippen LogP contribution in [0.15, 0.2) is 0 Å². The summed E-state index contributed by atoms with van der Waals surface area (Å²) < 4.78 is 22.1. The number of hydrogen-bond acceptors (Lipinski definition) is 5. The summed E-state index contributed by atoms with van der Waals surface area (Å²) in [6.45, 7) is 16.7. The number of alkyl halides is 1. The summed E-state index contributed by atoms with van der Waals surface area (Å²) in [6, 6.07) is 0. The van der Waals surface area contributed by atoms with Gasteiger partial charge in [0.25, 0.3) is 0 Å². The zero-order valence-corrected chi connectivity index (χ0v) is 14.6. The van der Waals surface area contributed by atoms with E-state index in [2.05, 4.69) is 9.47 Å². The van der Waals surface area contributed by atoms with Gasteiger partial charge in [-0.1, -0.05) is 48.5 Å². The van der Waals surface area contributed by atoms with Gasteiger partial charge in [-0.2, -0.15) is 0 Å². The summed E-state index contributed by atoms with van der Waals surface area (Å²) in [6.07, 6.45) is -2.24. The van der Waals surface area contributed by atoms with Gasteiger partial charge < -0.3 is 14.3 Å². The molecule has 0 aromatic carbocycles. The maximum atomic E-state index is 12.9. The third-order valence-corrected chi connectivity index (χ3v) is 1.99. The molecule has 0 radical (unpaired) electrons. The molecule has 1 aliphatic heterocycles. The van der Waals surface area contributed by atoms with Crippen molar-refractivity contribution in [3.8, 4) is 0 Å². The molecule has 1 saturated heterocycles. The van der Waals surface area contributed by atoms with E-state index in [0.717, 1.165) is 0 Å². The van der Waals surface area contributed by atoms with Crippen LogP contribution in [0.4, 0.5) is 4.39 Å². The molecule has 1 aliphatic rings. The summed E-state index contributed by atoms with van der Waals surface area (Å²) in [4.78, 5) is 29.1. The second-order valence-corrected chi connectivity index (χ2v) is 3.04. The van der Waals surface area contributed by atoms with E-state index in [1.807, 2.05) is 48.3 Å². The van der Waals surface area contributed by atoms with E-state index in [9.17, 15) is 14.0 Å². The molecule has 1 heterocycles. The van der Waals surface area contributed by atoms with Crippen LogP contribution in [0.5, 0.6) is 0 Å². The van der Waals surface area contributed by atoms with Gasteiger partial charge in [-0.3, -0.25) is 4.79 Å². The maximum absolute atomic E-state index is 12.9. The fourth-order valence-corrected chi connectivity index (χ4v) is 1.11. The second kappa shape index (κ2) is 20.8. The van der Waals surface area contributed by atoms with Crippen molar-refractivity contribution in [2.75, 3.05) is 6.61 Å². The molecule has 0 spiro atoms. The van der Waals surface area contributed by atoms with Crippen LogP contribution in [0.3, 0.4) is 0 Å². The van der Waals surface area contributed by atoms with Gasteiger partial charge in [-0.05, 0) is 0 Å². The number of carbonyl (C=O) groups is 3. The Morgan fingerprint density at radius 2 is 1.57 bits per heavy atom. The van der Waals surface area contributed by atoms with Crippen LogP contribution < -0.4 is 0 Å². The fraction of sp³-hybridized carbons (Fsp3) is 0.800. The largest absolute Gasteiger partial charge is 0.462 e. The van der Waals surface area contributed by atoms with Crippen LogP contribution in [-0.4, -0.2) is 37.6 Å². The lowest BCUT2D eigenvalue weighted by atomic mass is 10.0. The highest BCUT2D eigenvalue weighted by Crippen LogP contribution is 2.24. The first-order valence-corrected chi connectivity index (χ1v) is 7.29. The summed E-state index contributed by atoms with van der Waals surface area (Å²) in [5.74, 6) is -1.89. The lowest BCUT2D eigenvalue weighted by molar-refractivity contribution is -0.152. The molecule has 3 atom stereocenters. The summed E-state index contributed by atoms with van der Waals surface area (Å²) >= 11 is 0. The zero-order valence-electron chi connectivity index (χ0n) is 14.6. The second-order valence-electron chi connectivity index (χ2n) is 3.04. The number of rotatable bonds is 2. The van der Waals surface area contributed by atoms with Crippen molar-refractivity contribution < 1.29 is 28.2 Å². The maximum Gasteiger partial charge on any atom is 0.341 e. The van der Waals surface area contributed by atoms with Crippen molar-refractivity contribution in [1.82, 2.24) is 0 Å². The number of halogens is 1. The van der Waals surface area contributed by atoms with Crippen LogP contribution in [0.2, 0.25) is 0 Å². The molecule has 0 saturated carbocycles. The van der Waals surface area contributed by atoms with E-state index in [4.69, 9.17) is 4.79 Å². The molecular weight excluding hydrogens is 279 g/mol. The molecule has 0 bridgehead atoms. The Morgan fingerprint density at radius 1 is 1.19 bits per heavy atom. The van der Waals surface area contributed by atoms with Crippen LogP contribution in [0.1, 0.15) is 55.4 Å². The molecule has 1 fully saturated rings. The summed E-state index contributed by atoms with van der Waals surface area (Å²) in [5.41, 5.74) is 0. The highest BCUT2D eigenvalue weighted by Gasteiger charge is 2.42. The third kappa shape index (κ3) is 13.3. The molecule has 3 unspecified atom stereocenters. The predicted molar refractivity (Wildman–Crippen MR) is 81.7 cm³/mol. The highest BCUT2D eigenvalue weighted by molar-refractivity contribution is 5.77. The Hall–Kier alpha value is -1.46. The molecular formula is C15H31FO5. The van der Waals surface area contributed by atoms with Crippen LogP contribution in [0, 0.1) is 5.92 Å². The number of cyclic esters (lactones) is 1. The summed E-state index contributed by atoms with van der Waals surface area (Å²) in [7, 11) is 0. The highest BCUT2D eigenvalue weighted by atomic mass is 19.1. The van der Waals surface area contributed by atoms with E-state index in [1.54, 1.807) is 6.92 Å². The Kier molecular flexibility index (Phi) is 27.6. The molecule has 6 heteroatoms. The van der Waals surface area contributed by atoms with E-state index >= 15 is 0 Å². The van der Waals surface area contributed by atoms with Crippen LogP contribution >= 0.6 is 0 Å². The number of esters is 2. The summed E-state index contributed by atoms with van der Waals surface area (Å²) in [5, 5.41) is 0. The number of ether oxygens (including phenoxy) is 2. The fourth-order valence-electron chi connectivity index (χ4n) is 1.11. The van der Waals surface area contributed by atoms with Gasteiger partial charge in [0, 0.05) is 12.8 Å². The normalized spacial score (nSPS) is 21.4. The first-order chi connectivity index (χ1) is 10.0. The van der Waals surface area contributed by atoms with Gasteiger partial charge in [-0.15, -0.1) is 0 Å². The Balaban J connectivity index is -0.000000156. The van der Waals surface area contributed by atoms with Crippen LogP contribution in [0.25, 0.3) is 0 Å². The van der Waals surface area contributed by atoms with E-state index in [0.29, 0.717) is 0 Å². The number of carbonyl (C=O) groups excluding carboxylic acids is 3. The molecule has 0 aromatic heterocycles. The first kappa shape index (κ1) is 27.8. The van der Waals surface area contributed by atoms with Gasteiger partial charge in [0.15, 0.2) is 0 Å². The number of hydrogen-bond donors (Lipinski definition) is 0. The zero-order chi connectivity index (χ0) is 18.0.